The molecular formula is C51H29N3O3. The quantitative estimate of drug-likeness (QED) is 0.175. The Labute approximate surface area is 325 Å². The molecule has 0 aliphatic carbocycles. The third-order valence-electron chi connectivity index (χ3n) is 10.9. The van der Waals surface area contributed by atoms with Crippen molar-refractivity contribution < 1.29 is 13.3 Å². The molecule has 0 N–H and O–H groups in total. The van der Waals surface area contributed by atoms with Gasteiger partial charge in [-0.15, -0.1) is 0 Å². The fraction of sp³-hybridized carbons (Fsp3) is 0. The van der Waals surface area contributed by atoms with Crippen LogP contribution in [0.4, 0.5) is 0 Å². The van der Waals surface area contributed by atoms with E-state index < -0.39 is 0 Å². The van der Waals surface area contributed by atoms with Gasteiger partial charge in [0.25, 0.3) is 0 Å². The third kappa shape index (κ3) is 5.23. The van der Waals surface area contributed by atoms with Crippen molar-refractivity contribution in [3.8, 4) is 56.4 Å². The lowest BCUT2D eigenvalue weighted by atomic mass is 9.97. The van der Waals surface area contributed by atoms with Gasteiger partial charge in [0.1, 0.15) is 33.5 Å². The summed E-state index contributed by atoms with van der Waals surface area (Å²) in [6, 6.07) is 60.1. The summed E-state index contributed by atoms with van der Waals surface area (Å²) in [5.41, 5.74) is 12.0. The highest BCUT2D eigenvalue weighted by Crippen LogP contribution is 2.39. The highest BCUT2D eigenvalue weighted by Gasteiger charge is 2.17. The Kier molecular flexibility index (Phi) is 6.83. The molecule has 6 nitrogen and oxygen atoms in total. The molecule has 0 atom stereocenters. The molecule has 0 saturated carbocycles. The van der Waals surface area contributed by atoms with Gasteiger partial charge in [0, 0.05) is 55.1 Å². The van der Waals surface area contributed by atoms with E-state index in [2.05, 4.69) is 97.1 Å². The Hall–Kier alpha value is -7.83. The van der Waals surface area contributed by atoms with E-state index >= 15 is 0 Å². The minimum Gasteiger partial charge on any atom is -0.456 e. The van der Waals surface area contributed by atoms with E-state index in [1.807, 2.05) is 78.9 Å². The molecule has 0 spiro atoms. The minimum absolute atomic E-state index is 0.581. The number of aromatic nitrogens is 3. The van der Waals surface area contributed by atoms with Gasteiger partial charge >= 0.3 is 0 Å². The average Bonchev–Trinajstić information content (AvgIpc) is 3.96. The second-order valence-corrected chi connectivity index (χ2v) is 14.4. The Bertz CT molecular complexity index is 3540. The van der Waals surface area contributed by atoms with Crippen molar-refractivity contribution in [2.24, 2.45) is 0 Å². The van der Waals surface area contributed by atoms with Crippen LogP contribution in [-0.4, -0.2) is 15.0 Å². The fourth-order valence-electron chi connectivity index (χ4n) is 8.11. The summed E-state index contributed by atoms with van der Waals surface area (Å²) in [5.74, 6) is 1.78. The molecule has 12 aromatic rings. The maximum atomic E-state index is 6.32. The molecule has 0 amide bonds. The van der Waals surface area contributed by atoms with Gasteiger partial charge in [0.2, 0.25) is 0 Å². The Balaban J connectivity index is 0.937. The predicted octanol–water partition coefficient (Wildman–Crippen LogP) is 13.9. The monoisotopic (exact) mass is 731 g/mol. The van der Waals surface area contributed by atoms with Crippen LogP contribution in [0.15, 0.2) is 189 Å². The van der Waals surface area contributed by atoms with E-state index in [1.165, 1.54) is 0 Å². The summed E-state index contributed by atoms with van der Waals surface area (Å²) in [6.45, 7) is 0. The highest BCUT2D eigenvalue weighted by molar-refractivity contribution is 6.15. The summed E-state index contributed by atoms with van der Waals surface area (Å²) >= 11 is 0. The maximum Gasteiger partial charge on any atom is 0.164 e. The third-order valence-corrected chi connectivity index (χ3v) is 10.9. The molecule has 57 heavy (non-hydrogen) atoms. The number of benzene rings is 8. The van der Waals surface area contributed by atoms with Gasteiger partial charge in [-0.25, -0.2) is 15.0 Å². The Morgan fingerprint density at radius 2 is 0.649 bits per heavy atom. The summed E-state index contributed by atoms with van der Waals surface area (Å²) < 4.78 is 18.7. The lowest BCUT2D eigenvalue weighted by molar-refractivity contribution is 0.656. The molecule has 0 fully saturated rings. The summed E-state index contributed by atoms with van der Waals surface area (Å²) in [7, 11) is 0. The van der Waals surface area contributed by atoms with Crippen LogP contribution in [-0.2, 0) is 0 Å². The molecule has 0 radical (unpaired) electrons. The number of furan rings is 3. The zero-order valence-corrected chi connectivity index (χ0v) is 30.3. The lowest BCUT2D eigenvalue weighted by Crippen LogP contribution is -2.00. The van der Waals surface area contributed by atoms with E-state index in [-0.39, 0.29) is 0 Å². The summed E-state index contributed by atoms with van der Waals surface area (Å²) in [4.78, 5) is 15.1. The maximum absolute atomic E-state index is 6.32. The normalized spacial score (nSPS) is 11.9. The van der Waals surface area contributed by atoms with E-state index in [0.717, 1.165) is 105 Å². The van der Waals surface area contributed by atoms with E-state index in [1.54, 1.807) is 0 Å². The minimum atomic E-state index is 0.581. The molecule has 12 rings (SSSR count). The first-order valence-corrected chi connectivity index (χ1v) is 18.9. The molecule has 0 aliphatic heterocycles. The molecule has 6 heteroatoms. The molecular weight excluding hydrogens is 703 g/mol. The van der Waals surface area contributed by atoms with Gasteiger partial charge < -0.3 is 13.3 Å². The van der Waals surface area contributed by atoms with Crippen molar-refractivity contribution in [1.29, 1.82) is 0 Å². The molecule has 4 heterocycles. The Morgan fingerprint density at radius 1 is 0.228 bits per heavy atom. The van der Waals surface area contributed by atoms with Crippen LogP contribution in [0.2, 0.25) is 0 Å². The van der Waals surface area contributed by atoms with Crippen LogP contribution in [0.1, 0.15) is 0 Å². The van der Waals surface area contributed by atoms with Gasteiger partial charge in [-0.1, -0.05) is 115 Å². The smallest absolute Gasteiger partial charge is 0.164 e. The van der Waals surface area contributed by atoms with E-state index in [0.29, 0.717) is 17.5 Å². The number of fused-ring (bicyclic) bond motifs is 9. The van der Waals surface area contributed by atoms with Crippen LogP contribution < -0.4 is 0 Å². The summed E-state index contributed by atoms with van der Waals surface area (Å²) in [6.07, 6.45) is 0. The summed E-state index contributed by atoms with van der Waals surface area (Å²) in [5, 5.41) is 6.47. The van der Waals surface area contributed by atoms with Crippen LogP contribution >= 0.6 is 0 Å². The first-order chi connectivity index (χ1) is 28.2. The van der Waals surface area contributed by atoms with Crippen LogP contribution in [0.5, 0.6) is 0 Å². The topological polar surface area (TPSA) is 78.1 Å². The largest absolute Gasteiger partial charge is 0.456 e. The number of hydrogen-bond acceptors (Lipinski definition) is 6. The van der Waals surface area contributed by atoms with E-state index in [4.69, 9.17) is 28.2 Å². The van der Waals surface area contributed by atoms with E-state index in [9.17, 15) is 0 Å². The van der Waals surface area contributed by atoms with Gasteiger partial charge in [0.15, 0.2) is 17.5 Å². The van der Waals surface area contributed by atoms with Crippen molar-refractivity contribution in [2.45, 2.75) is 0 Å². The number of rotatable bonds is 5. The van der Waals surface area contributed by atoms with Crippen LogP contribution in [0.25, 0.3) is 122 Å². The first-order valence-electron chi connectivity index (χ1n) is 18.9. The lowest BCUT2D eigenvalue weighted by Gasteiger charge is -2.10. The Morgan fingerprint density at radius 3 is 1.33 bits per heavy atom. The molecule has 0 saturated heterocycles. The standard InChI is InChI=1S/C51H29N3O3/c1-2-10-30(11-3-1)49-52-50(54-51(53-49)36-20-22-39-37-16-4-6-18-43(37)55-46(39)27-36)35-15-9-14-33(25-35)31-12-8-13-32(24-31)34-21-23-45-40(26-34)42-28-41-38-17-5-7-19-44(38)56-47(41)29-48(42)57-45/h1-29H. The van der Waals surface area contributed by atoms with Crippen molar-refractivity contribution >= 4 is 65.8 Å². The van der Waals surface area contributed by atoms with Gasteiger partial charge in [-0.3, -0.25) is 0 Å². The van der Waals surface area contributed by atoms with Gasteiger partial charge in [-0.2, -0.15) is 0 Å². The predicted molar refractivity (Wildman–Crippen MR) is 229 cm³/mol. The molecule has 0 aliphatic rings. The second kappa shape index (κ2) is 12.3. The SMILES string of the molecule is c1ccc(-c2nc(-c3cccc(-c4cccc(-c5ccc6oc7cc8oc9ccccc9c8cc7c6c5)c4)c3)nc(-c3ccc4c(c3)oc3ccccc34)n2)cc1. The zero-order valence-electron chi connectivity index (χ0n) is 30.3. The number of hydrogen-bond donors (Lipinski definition) is 0. The second-order valence-electron chi connectivity index (χ2n) is 14.4. The van der Waals surface area contributed by atoms with Gasteiger partial charge in [-0.05, 0) is 76.9 Å². The molecule has 4 aromatic heterocycles. The van der Waals surface area contributed by atoms with Gasteiger partial charge in [0.05, 0.1) is 0 Å². The highest BCUT2D eigenvalue weighted by atomic mass is 16.3. The number of para-hydroxylation sites is 2. The van der Waals surface area contributed by atoms with Crippen LogP contribution in [0, 0.1) is 0 Å². The molecule has 0 bridgehead atoms. The number of nitrogens with zero attached hydrogens (tertiary/aromatic N) is 3. The van der Waals surface area contributed by atoms with Crippen LogP contribution in [0.3, 0.4) is 0 Å². The fourth-order valence-corrected chi connectivity index (χ4v) is 8.11. The molecule has 266 valence electrons. The van der Waals surface area contributed by atoms with Crippen molar-refractivity contribution in [3.05, 3.63) is 176 Å². The van der Waals surface area contributed by atoms with Crippen molar-refractivity contribution in [3.63, 3.8) is 0 Å². The average molecular weight is 732 g/mol. The van der Waals surface area contributed by atoms with Crippen molar-refractivity contribution in [2.75, 3.05) is 0 Å². The van der Waals surface area contributed by atoms with Crippen molar-refractivity contribution in [1.82, 2.24) is 15.0 Å². The molecule has 8 aromatic carbocycles. The zero-order chi connectivity index (χ0) is 37.5. The molecule has 0 unspecified atom stereocenters. The first kappa shape index (κ1) is 31.5.